The van der Waals surface area contributed by atoms with Crippen LogP contribution in [0.3, 0.4) is 0 Å². The molecule has 0 aliphatic heterocycles. The fourth-order valence-electron chi connectivity index (χ4n) is 3.06. The standard InChI is InChI=1S/C17H18BrN3O/c1-10(20-21-17(19)22)11-6-7-14-13-5-3-2-4-12(13)9-16(18)15(14)8-11/h6-9H,2-5H2,1H3,(H3,19,21,22)/b20-10-. The second kappa shape index (κ2) is 6.08. The zero-order valence-corrected chi connectivity index (χ0v) is 14.0. The van der Waals surface area contributed by atoms with Gasteiger partial charge < -0.3 is 5.73 Å². The molecule has 3 N–H and O–H groups in total. The fraction of sp³-hybridized carbons (Fsp3) is 0.294. The van der Waals surface area contributed by atoms with Crippen molar-refractivity contribution in [1.29, 1.82) is 0 Å². The van der Waals surface area contributed by atoms with E-state index in [1.165, 1.54) is 34.7 Å². The predicted molar refractivity (Wildman–Crippen MR) is 93.2 cm³/mol. The van der Waals surface area contributed by atoms with Crippen molar-refractivity contribution in [3.63, 3.8) is 0 Å². The number of hydrogen-bond donors (Lipinski definition) is 2. The van der Waals surface area contributed by atoms with Gasteiger partial charge in [0, 0.05) is 4.47 Å². The molecule has 0 saturated carbocycles. The fourth-order valence-corrected chi connectivity index (χ4v) is 3.66. The molecule has 0 spiro atoms. The average Bonchev–Trinajstić information content (AvgIpc) is 2.52. The van der Waals surface area contributed by atoms with E-state index in [2.05, 4.69) is 44.7 Å². The number of primary amides is 1. The van der Waals surface area contributed by atoms with Crippen molar-refractivity contribution in [1.82, 2.24) is 5.43 Å². The summed E-state index contributed by atoms with van der Waals surface area (Å²) in [4.78, 5) is 10.8. The Morgan fingerprint density at radius 1 is 1.23 bits per heavy atom. The molecule has 114 valence electrons. The van der Waals surface area contributed by atoms with Crippen LogP contribution in [0.1, 0.15) is 36.5 Å². The number of nitrogens with one attached hydrogen (secondary N) is 1. The Morgan fingerprint density at radius 3 is 2.77 bits per heavy atom. The van der Waals surface area contributed by atoms with Crippen LogP contribution in [0.5, 0.6) is 0 Å². The molecule has 1 aliphatic carbocycles. The minimum Gasteiger partial charge on any atom is -0.350 e. The topological polar surface area (TPSA) is 67.5 Å². The quantitative estimate of drug-likeness (QED) is 0.620. The molecule has 2 aromatic carbocycles. The van der Waals surface area contributed by atoms with Crippen molar-refractivity contribution in [2.45, 2.75) is 32.6 Å². The SMILES string of the molecule is C/C(=N/NC(N)=O)c1ccc2c3c(cc(Br)c2c1)CCCC3. The van der Waals surface area contributed by atoms with Gasteiger partial charge in [-0.25, -0.2) is 10.2 Å². The van der Waals surface area contributed by atoms with E-state index < -0.39 is 6.03 Å². The third-order valence-corrected chi connectivity index (χ3v) is 4.82. The number of hydrogen-bond acceptors (Lipinski definition) is 2. The summed E-state index contributed by atoms with van der Waals surface area (Å²) < 4.78 is 1.11. The van der Waals surface area contributed by atoms with Gasteiger partial charge in [0.15, 0.2) is 0 Å². The van der Waals surface area contributed by atoms with Gasteiger partial charge in [-0.05, 0) is 72.2 Å². The summed E-state index contributed by atoms with van der Waals surface area (Å²) in [5.74, 6) is 0. The summed E-state index contributed by atoms with van der Waals surface area (Å²) >= 11 is 3.69. The number of carbonyl (C=O) groups is 1. The Bertz CT molecular complexity index is 783. The number of hydrazone groups is 1. The minimum atomic E-state index is -0.657. The zero-order valence-electron chi connectivity index (χ0n) is 12.4. The van der Waals surface area contributed by atoms with E-state index in [1.807, 2.05) is 13.0 Å². The van der Waals surface area contributed by atoms with Crippen molar-refractivity contribution in [3.05, 3.63) is 45.4 Å². The number of fused-ring (bicyclic) bond motifs is 3. The normalized spacial score (nSPS) is 14.7. The number of rotatable bonds is 2. The highest BCUT2D eigenvalue weighted by molar-refractivity contribution is 9.10. The molecular weight excluding hydrogens is 342 g/mol. The molecule has 0 unspecified atom stereocenters. The predicted octanol–water partition coefficient (Wildman–Crippen LogP) is 3.87. The van der Waals surface area contributed by atoms with Gasteiger partial charge >= 0.3 is 6.03 Å². The number of halogens is 1. The molecule has 2 aromatic rings. The first-order valence-corrected chi connectivity index (χ1v) is 8.19. The maximum Gasteiger partial charge on any atom is 0.332 e. The molecule has 0 radical (unpaired) electrons. The van der Waals surface area contributed by atoms with Crippen molar-refractivity contribution in [2.75, 3.05) is 0 Å². The number of benzene rings is 2. The number of nitrogens with zero attached hydrogens (tertiary/aromatic N) is 1. The van der Waals surface area contributed by atoms with Crippen LogP contribution in [0.2, 0.25) is 0 Å². The van der Waals surface area contributed by atoms with Crippen molar-refractivity contribution >= 4 is 38.4 Å². The molecule has 0 saturated heterocycles. The van der Waals surface area contributed by atoms with Gasteiger partial charge in [0.2, 0.25) is 0 Å². The molecule has 3 rings (SSSR count). The van der Waals surface area contributed by atoms with E-state index in [0.717, 1.165) is 28.6 Å². The van der Waals surface area contributed by atoms with Gasteiger partial charge in [0.1, 0.15) is 0 Å². The van der Waals surface area contributed by atoms with Crippen LogP contribution >= 0.6 is 15.9 Å². The monoisotopic (exact) mass is 359 g/mol. The summed E-state index contributed by atoms with van der Waals surface area (Å²) in [5, 5.41) is 6.49. The number of nitrogens with two attached hydrogens (primary N) is 1. The van der Waals surface area contributed by atoms with Crippen LogP contribution in [0.4, 0.5) is 4.79 Å². The van der Waals surface area contributed by atoms with Gasteiger partial charge in [-0.2, -0.15) is 5.10 Å². The van der Waals surface area contributed by atoms with Crippen molar-refractivity contribution in [2.24, 2.45) is 10.8 Å². The van der Waals surface area contributed by atoms with E-state index in [1.54, 1.807) is 0 Å². The van der Waals surface area contributed by atoms with Crippen molar-refractivity contribution in [3.8, 4) is 0 Å². The average molecular weight is 360 g/mol. The molecule has 4 nitrogen and oxygen atoms in total. The Kier molecular flexibility index (Phi) is 4.16. The van der Waals surface area contributed by atoms with Crippen LogP contribution in [0.25, 0.3) is 10.8 Å². The summed E-state index contributed by atoms with van der Waals surface area (Å²) in [6.45, 7) is 1.85. The van der Waals surface area contributed by atoms with Gasteiger partial charge in [0.05, 0.1) is 5.71 Å². The Balaban J connectivity index is 2.09. The van der Waals surface area contributed by atoms with E-state index in [4.69, 9.17) is 5.73 Å². The van der Waals surface area contributed by atoms with Crippen LogP contribution in [0, 0.1) is 0 Å². The van der Waals surface area contributed by atoms with Crippen LogP contribution in [0.15, 0.2) is 33.8 Å². The second-order valence-corrected chi connectivity index (χ2v) is 6.49. The van der Waals surface area contributed by atoms with Gasteiger partial charge in [-0.3, -0.25) is 0 Å². The van der Waals surface area contributed by atoms with Crippen LogP contribution in [-0.2, 0) is 12.8 Å². The smallest absolute Gasteiger partial charge is 0.332 e. The van der Waals surface area contributed by atoms with E-state index in [-0.39, 0.29) is 0 Å². The van der Waals surface area contributed by atoms with Crippen molar-refractivity contribution < 1.29 is 4.79 Å². The number of amides is 2. The Hall–Kier alpha value is -1.88. The largest absolute Gasteiger partial charge is 0.350 e. The van der Waals surface area contributed by atoms with Crippen LogP contribution in [-0.4, -0.2) is 11.7 Å². The minimum absolute atomic E-state index is 0.657. The summed E-state index contributed by atoms with van der Waals surface area (Å²) in [7, 11) is 0. The first-order chi connectivity index (χ1) is 10.6. The maximum absolute atomic E-state index is 10.8. The molecule has 0 bridgehead atoms. The molecule has 22 heavy (non-hydrogen) atoms. The molecule has 5 heteroatoms. The lowest BCUT2D eigenvalue weighted by atomic mass is 9.87. The third-order valence-electron chi connectivity index (χ3n) is 4.17. The highest BCUT2D eigenvalue weighted by Crippen LogP contribution is 2.34. The molecule has 0 heterocycles. The Morgan fingerprint density at radius 2 is 2.00 bits per heavy atom. The molecule has 0 fully saturated rings. The van der Waals surface area contributed by atoms with E-state index in [9.17, 15) is 4.79 Å². The number of aryl methyl sites for hydroxylation is 2. The molecule has 0 aromatic heterocycles. The summed E-state index contributed by atoms with van der Waals surface area (Å²) in [6.07, 6.45) is 4.84. The molecular formula is C17H18BrN3O. The molecule has 1 aliphatic rings. The lowest BCUT2D eigenvalue weighted by Crippen LogP contribution is -2.25. The molecule has 0 atom stereocenters. The van der Waals surface area contributed by atoms with Gasteiger partial charge in [-0.1, -0.05) is 28.1 Å². The van der Waals surface area contributed by atoms with Gasteiger partial charge in [-0.15, -0.1) is 0 Å². The Labute approximate surface area is 137 Å². The lowest BCUT2D eigenvalue weighted by molar-refractivity contribution is 0.249. The highest BCUT2D eigenvalue weighted by atomic mass is 79.9. The maximum atomic E-state index is 10.8. The summed E-state index contributed by atoms with van der Waals surface area (Å²) in [5.41, 5.74) is 11.9. The first kappa shape index (κ1) is 15.0. The van der Waals surface area contributed by atoms with Crippen LogP contribution < -0.4 is 11.2 Å². The number of carbonyl (C=O) groups excluding carboxylic acids is 1. The highest BCUT2D eigenvalue weighted by Gasteiger charge is 2.15. The zero-order chi connectivity index (χ0) is 15.7. The molecule has 2 amide bonds. The van der Waals surface area contributed by atoms with E-state index in [0.29, 0.717) is 0 Å². The third kappa shape index (κ3) is 2.86. The van der Waals surface area contributed by atoms with Gasteiger partial charge in [0.25, 0.3) is 0 Å². The second-order valence-electron chi connectivity index (χ2n) is 5.64. The summed E-state index contributed by atoms with van der Waals surface area (Å²) in [6, 6.07) is 7.90. The lowest BCUT2D eigenvalue weighted by Gasteiger charge is -2.19. The number of urea groups is 1. The first-order valence-electron chi connectivity index (χ1n) is 7.40. The van der Waals surface area contributed by atoms with E-state index >= 15 is 0 Å².